The van der Waals surface area contributed by atoms with Crippen molar-refractivity contribution in [1.82, 2.24) is 5.32 Å². The van der Waals surface area contributed by atoms with Gasteiger partial charge >= 0.3 is 6.09 Å². The molecule has 0 aromatic heterocycles. The van der Waals surface area contributed by atoms with E-state index in [1.165, 1.54) is 6.07 Å². The summed E-state index contributed by atoms with van der Waals surface area (Å²) < 4.78 is 18.8. The van der Waals surface area contributed by atoms with E-state index in [2.05, 4.69) is 26.0 Å². The van der Waals surface area contributed by atoms with Gasteiger partial charge in [-0.25, -0.2) is 9.18 Å². The zero-order valence-corrected chi connectivity index (χ0v) is 8.67. The molecule has 1 fully saturated rings. The fourth-order valence-electron chi connectivity index (χ4n) is 1.33. The smallest absolute Gasteiger partial charge is 0.407 e. The molecule has 0 unspecified atom stereocenters. The lowest BCUT2D eigenvalue weighted by Gasteiger charge is -2.08. The van der Waals surface area contributed by atoms with Crippen LogP contribution in [0.2, 0.25) is 0 Å². The summed E-state index contributed by atoms with van der Waals surface area (Å²) in [5, 5.41) is 2.52. The van der Waals surface area contributed by atoms with Crippen molar-refractivity contribution in [1.29, 1.82) is 0 Å². The standard InChI is InChI=1S/C9H7BrFNO2/c10-5-1-2-7(11)6(3-5)8-4-14-9(13)12-8/h1-3,8H,4H2,(H,12,13)/t8-/m0/s1. The van der Waals surface area contributed by atoms with Crippen LogP contribution in [-0.2, 0) is 4.74 Å². The Morgan fingerprint density at radius 1 is 1.57 bits per heavy atom. The van der Waals surface area contributed by atoms with Gasteiger partial charge in [0, 0.05) is 10.0 Å². The third kappa shape index (κ3) is 1.72. The van der Waals surface area contributed by atoms with E-state index in [0.29, 0.717) is 5.56 Å². The molecule has 0 bridgehead atoms. The summed E-state index contributed by atoms with van der Waals surface area (Å²) in [4.78, 5) is 10.8. The number of hydrogen-bond acceptors (Lipinski definition) is 2. The second kappa shape index (κ2) is 3.57. The maximum absolute atomic E-state index is 13.3. The van der Waals surface area contributed by atoms with Gasteiger partial charge in [-0.15, -0.1) is 0 Å². The number of amides is 1. The summed E-state index contributed by atoms with van der Waals surface area (Å²) in [6.07, 6.45) is -0.505. The van der Waals surface area contributed by atoms with Crippen LogP contribution >= 0.6 is 15.9 Å². The number of carbonyl (C=O) groups is 1. The first-order valence-corrected chi connectivity index (χ1v) is 4.84. The van der Waals surface area contributed by atoms with Crippen LogP contribution in [0.4, 0.5) is 9.18 Å². The number of rotatable bonds is 1. The molecule has 1 N–H and O–H groups in total. The van der Waals surface area contributed by atoms with Gasteiger partial charge < -0.3 is 10.1 Å². The Labute approximate surface area is 88.4 Å². The van der Waals surface area contributed by atoms with E-state index < -0.39 is 6.09 Å². The normalized spacial score (nSPS) is 20.4. The average molecular weight is 260 g/mol. The molecule has 1 heterocycles. The van der Waals surface area contributed by atoms with E-state index in [-0.39, 0.29) is 18.5 Å². The molecule has 74 valence electrons. The summed E-state index contributed by atoms with van der Waals surface area (Å²) in [7, 11) is 0. The highest BCUT2D eigenvalue weighted by Gasteiger charge is 2.26. The van der Waals surface area contributed by atoms with Gasteiger partial charge in [-0.05, 0) is 18.2 Å². The molecule has 1 atom stereocenters. The molecule has 3 nitrogen and oxygen atoms in total. The van der Waals surface area contributed by atoms with Gasteiger partial charge in [0.25, 0.3) is 0 Å². The van der Waals surface area contributed by atoms with Crippen molar-refractivity contribution in [2.45, 2.75) is 6.04 Å². The van der Waals surface area contributed by atoms with Gasteiger partial charge in [0.15, 0.2) is 0 Å². The lowest BCUT2D eigenvalue weighted by Crippen LogP contribution is -2.19. The topological polar surface area (TPSA) is 38.3 Å². The Balaban J connectivity index is 2.31. The van der Waals surface area contributed by atoms with Gasteiger partial charge in [-0.3, -0.25) is 0 Å². The van der Waals surface area contributed by atoms with Crippen molar-refractivity contribution < 1.29 is 13.9 Å². The maximum Gasteiger partial charge on any atom is 0.407 e. The summed E-state index contributed by atoms with van der Waals surface area (Å²) in [5.74, 6) is -0.344. The lowest BCUT2D eigenvalue weighted by molar-refractivity contribution is 0.177. The first-order chi connectivity index (χ1) is 6.66. The average Bonchev–Trinajstić information content (AvgIpc) is 2.56. The second-order valence-corrected chi connectivity index (χ2v) is 3.88. The zero-order chi connectivity index (χ0) is 10.1. The molecule has 0 saturated carbocycles. The Bertz CT molecular complexity index is 383. The van der Waals surface area contributed by atoms with Crippen LogP contribution < -0.4 is 5.32 Å². The second-order valence-electron chi connectivity index (χ2n) is 2.96. The molecular weight excluding hydrogens is 253 g/mol. The fourth-order valence-corrected chi connectivity index (χ4v) is 1.71. The Kier molecular flexibility index (Phi) is 2.41. The van der Waals surface area contributed by atoms with E-state index >= 15 is 0 Å². The number of hydrogen-bond donors (Lipinski definition) is 1. The van der Waals surface area contributed by atoms with Crippen molar-refractivity contribution >= 4 is 22.0 Å². The molecule has 0 spiro atoms. The largest absolute Gasteiger partial charge is 0.447 e. The van der Waals surface area contributed by atoms with Crippen LogP contribution in [-0.4, -0.2) is 12.7 Å². The molecule has 1 aromatic rings. The van der Waals surface area contributed by atoms with Gasteiger partial charge in [-0.1, -0.05) is 15.9 Å². The fraction of sp³-hybridized carbons (Fsp3) is 0.222. The molecule has 1 amide bonds. The van der Waals surface area contributed by atoms with Crippen molar-refractivity contribution in [3.8, 4) is 0 Å². The van der Waals surface area contributed by atoms with Crippen LogP contribution in [0, 0.1) is 5.82 Å². The van der Waals surface area contributed by atoms with Gasteiger partial charge in [0.1, 0.15) is 12.4 Å². The minimum Gasteiger partial charge on any atom is -0.447 e. The van der Waals surface area contributed by atoms with Crippen molar-refractivity contribution in [3.05, 3.63) is 34.1 Å². The van der Waals surface area contributed by atoms with E-state index in [0.717, 1.165) is 4.47 Å². The first kappa shape index (κ1) is 9.45. The zero-order valence-electron chi connectivity index (χ0n) is 7.09. The predicted octanol–water partition coefficient (Wildman–Crippen LogP) is 2.37. The molecule has 5 heteroatoms. The minimum absolute atomic E-state index is 0.173. The number of carbonyl (C=O) groups excluding carboxylic acids is 1. The molecule has 1 aliphatic rings. The third-order valence-corrected chi connectivity index (χ3v) is 2.50. The predicted molar refractivity (Wildman–Crippen MR) is 51.3 cm³/mol. The Morgan fingerprint density at radius 3 is 3.00 bits per heavy atom. The highest BCUT2D eigenvalue weighted by atomic mass is 79.9. The molecule has 1 aliphatic heterocycles. The van der Waals surface area contributed by atoms with Crippen LogP contribution in [0.5, 0.6) is 0 Å². The SMILES string of the molecule is O=C1N[C@H](c2cc(Br)ccc2F)CO1. The van der Waals surface area contributed by atoms with Crippen molar-refractivity contribution in [2.24, 2.45) is 0 Å². The van der Waals surface area contributed by atoms with E-state index in [1.807, 2.05) is 0 Å². The Morgan fingerprint density at radius 2 is 2.36 bits per heavy atom. The summed E-state index contributed by atoms with van der Waals surface area (Å²) in [6, 6.07) is 4.20. The Hall–Kier alpha value is -1.10. The number of ether oxygens (including phenoxy) is 1. The van der Waals surface area contributed by atoms with Gasteiger partial charge in [0.2, 0.25) is 0 Å². The molecule has 0 aliphatic carbocycles. The van der Waals surface area contributed by atoms with Gasteiger partial charge in [0.05, 0.1) is 6.04 Å². The molecule has 2 rings (SSSR count). The highest BCUT2D eigenvalue weighted by molar-refractivity contribution is 9.10. The molecule has 0 radical (unpaired) electrons. The molecule has 1 saturated heterocycles. The quantitative estimate of drug-likeness (QED) is 0.841. The monoisotopic (exact) mass is 259 g/mol. The summed E-state index contributed by atoms with van der Waals surface area (Å²) >= 11 is 3.24. The lowest BCUT2D eigenvalue weighted by atomic mass is 10.1. The van der Waals surface area contributed by atoms with Crippen LogP contribution in [0.1, 0.15) is 11.6 Å². The van der Waals surface area contributed by atoms with Crippen LogP contribution in [0.25, 0.3) is 0 Å². The highest BCUT2D eigenvalue weighted by Crippen LogP contribution is 2.24. The van der Waals surface area contributed by atoms with E-state index in [1.54, 1.807) is 12.1 Å². The van der Waals surface area contributed by atoms with Crippen LogP contribution in [0.3, 0.4) is 0 Å². The van der Waals surface area contributed by atoms with Crippen molar-refractivity contribution in [2.75, 3.05) is 6.61 Å². The van der Waals surface area contributed by atoms with Gasteiger partial charge in [-0.2, -0.15) is 0 Å². The van der Waals surface area contributed by atoms with E-state index in [9.17, 15) is 9.18 Å². The number of cyclic esters (lactones) is 1. The molecule has 1 aromatic carbocycles. The minimum atomic E-state index is -0.505. The number of halogens is 2. The van der Waals surface area contributed by atoms with E-state index in [4.69, 9.17) is 0 Å². The number of benzene rings is 1. The molecule has 14 heavy (non-hydrogen) atoms. The number of alkyl carbamates (subject to hydrolysis) is 1. The third-order valence-electron chi connectivity index (χ3n) is 2.01. The van der Waals surface area contributed by atoms with Crippen LogP contribution in [0.15, 0.2) is 22.7 Å². The molecular formula is C9H7BrFNO2. The maximum atomic E-state index is 13.3. The summed E-state index contributed by atoms with van der Waals surface area (Å²) in [6.45, 7) is 0.173. The number of nitrogens with one attached hydrogen (secondary N) is 1. The van der Waals surface area contributed by atoms with Crippen molar-refractivity contribution in [3.63, 3.8) is 0 Å². The summed E-state index contributed by atoms with van der Waals surface area (Å²) in [5.41, 5.74) is 0.435. The first-order valence-electron chi connectivity index (χ1n) is 4.05.